The van der Waals surface area contributed by atoms with Crippen molar-refractivity contribution in [3.63, 3.8) is 0 Å². The average molecular weight is 556 g/mol. The highest BCUT2D eigenvalue weighted by Gasteiger charge is 2.35. The van der Waals surface area contributed by atoms with E-state index in [1.807, 2.05) is 6.07 Å². The first kappa shape index (κ1) is 27.1. The smallest absolute Gasteiger partial charge is 0.324 e. The predicted octanol–water partition coefficient (Wildman–Crippen LogP) is 8.47. The summed E-state index contributed by atoms with van der Waals surface area (Å²) in [5, 5.41) is 6.92. The molecule has 0 bridgehead atoms. The number of anilines is 3. The van der Waals surface area contributed by atoms with Crippen molar-refractivity contribution in [2.45, 2.75) is 16.3 Å². The Hall–Kier alpha value is -3.95. The first-order valence-corrected chi connectivity index (χ1v) is 12.6. The SMILES string of the molecule is O=C(Nc1ccccc1)Nc1ccc(SC(C(=O)Nc2ccc(Cl)cc2C(F)(F)F)c2ccccc2)cc1. The van der Waals surface area contributed by atoms with E-state index in [9.17, 15) is 22.8 Å². The molecule has 1 atom stereocenters. The third-order valence-electron chi connectivity index (χ3n) is 5.28. The number of para-hydroxylation sites is 1. The molecule has 0 fully saturated rings. The van der Waals surface area contributed by atoms with Gasteiger partial charge in [0.1, 0.15) is 5.25 Å². The molecule has 38 heavy (non-hydrogen) atoms. The zero-order valence-electron chi connectivity index (χ0n) is 19.6. The van der Waals surface area contributed by atoms with Crippen molar-refractivity contribution >= 4 is 52.4 Å². The van der Waals surface area contributed by atoms with Gasteiger partial charge < -0.3 is 16.0 Å². The minimum Gasteiger partial charge on any atom is -0.324 e. The Morgan fingerprint density at radius 2 is 1.32 bits per heavy atom. The molecule has 5 nitrogen and oxygen atoms in total. The van der Waals surface area contributed by atoms with Gasteiger partial charge in [0.05, 0.1) is 11.3 Å². The number of carbonyl (C=O) groups is 2. The molecule has 10 heteroatoms. The molecule has 194 valence electrons. The predicted molar refractivity (Wildman–Crippen MR) is 146 cm³/mol. The van der Waals surface area contributed by atoms with E-state index in [4.69, 9.17) is 11.6 Å². The van der Waals surface area contributed by atoms with Crippen molar-refractivity contribution in [1.82, 2.24) is 0 Å². The van der Waals surface area contributed by atoms with Crippen molar-refractivity contribution in [2.75, 3.05) is 16.0 Å². The van der Waals surface area contributed by atoms with E-state index in [1.54, 1.807) is 78.9 Å². The number of urea groups is 1. The number of carbonyl (C=O) groups excluding carboxylic acids is 2. The Morgan fingerprint density at radius 3 is 1.92 bits per heavy atom. The zero-order valence-corrected chi connectivity index (χ0v) is 21.2. The van der Waals surface area contributed by atoms with Gasteiger partial charge in [-0.2, -0.15) is 13.2 Å². The highest BCUT2D eigenvalue weighted by atomic mass is 35.5. The largest absolute Gasteiger partial charge is 0.418 e. The van der Waals surface area contributed by atoms with Crippen molar-refractivity contribution in [1.29, 1.82) is 0 Å². The van der Waals surface area contributed by atoms with Crippen LogP contribution in [0.2, 0.25) is 5.02 Å². The summed E-state index contributed by atoms with van der Waals surface area (Å²) >= 11 is 6.93. The summed E-state index contributed by atoms with van der Waals surface area (Å²) in [6, 6.07) is 27.3. The van der Waals surface area contributed by atoms with E-state index < -0.39 is 28.9 Å². The fourth-order valence-electron chi connectivity index (χ4n) is 3.53. The second-order valence-corrected chi connectivity index (χ2v) is 9.67. The number of hydrogen-bond acceptors (Lipinski definition) is 3. The Morgan fingerprint density at radius 1 is 0.737 bits per heavy atom. The van der Waals surface area contributed by atoms with Crippen LogP contribution < -0.4 is 16.0 Å². The van der Waals surface area contributed by atoms with Gasteiger partial charge in [-0.05, 0) is 60.2 Å². The minimum absolute atomic E-state index is 0.0875. The number of hydrogen-bond donors (Lipinski definition) is 3. The number of alkyl halides is 3. The maximum absolute atomic E-state index is 13.6. The van der Waals surface area contributed by atoms with Gasteiger partial charge in [-0.25, -0.2) is 4.79 Å². The summed E-state index contributed by atoms with van der Waals surface area (Å²) < 4.78 is 40.7. The summed E-state index contributed by atoms with van der Waals surface area (Å²) in [4.78, 5) is 26.2. The van der Waals surface area contributed by atoms with Crippen LogP contribution in [0, 0.1) is 0 Å². The van der Waals surface area contributed by atoms with Crippen LogP contribution in [-0.2, 0) is 11.0 Å². The van der Waals surface area contributed by atoms with Gasteiger partial charge in [0.25, 0.3) is 0 Å². The van der Waals surface area contributed by atoms with Crippen molar-refractivity contribution in [3.05, 3.63) is 119 Å². The number of nitrogens with one attached hydrogen (secondary N) is 3. The fourth-order valence-corrected chi connectivity index (χ4v) is 4.72. The molecule has 0 spiro atoms. The molecular formula is C28H21ClF3N3O2S. The lowest BCUT2D eigenvalue weighted by Crippen LogP contribution is -2.21. The number of rotatable bonds is 7. The lowest BCUT2D eigenvalue weighted by Gasteiger charge is -2.19. The van der Waals surface area contributed by atoms with Gasteiger partial charge in [0, 0.05) is 21.3 Å². The van der Waals surface area contributed by atoms with Crippen LogP contribution in [-0.4, -0.2) is 11.9 Å². The molecule has 0 aliphatic rings. The molecule has 0 saturated carbocycles. The zero-order chi connectivity index (χ0) is 27.1. The normalized spacial score (nSPS) is 11.9. The quantitative estimate of drug-likeness (QED) is 0.200. The summed E-state index contributed by atoms with van der Waals surface area (Å²) in [5.74, 6) is -0.626. The molecule has 0 aliphatic carbocycles. The molecule has 0 aromatic heterocycles. The topological polar surface area (TPSA) is 70.2 Å². The molecule has 0 aliphatic heterocycles. The summed E-state index contributed by atoms with van der Waals surface area (Å²) in [6.45, 7) is 0. The number of benzene rings is 4. The van der Waals surface area contributed by atoms with E-state index in [0.717, 1.165) is 12.1 Å². The van der Waals surface area contributed by atoms with Crippen LogP contribution in [0.3, 0.4) is 0 Å². The molecule has 3 N–H and O–H groups in total. The standard InChI is InChI=1S/C28H21ClF3N3O2S/c29-19-11-16-24(23(17-19)28(30,31)32)35-26(36)25(18-7-3-1-4-8-18)38-22-14-12-21(13-15-22)34-27(37)33-20-9-5-2-6-10-20/h1-17,25H,(H,35,36)(H2,33,34,37). The lowest BCUT2D eigenvalue weighted by molar-refractivity contribution is -0.137. The number of thioether (sulfide) groups is 1. The van der Waals surface area contributed by atoms with Crippen LogP contribution in [0.25, 0.3) is 0 Å². The number of halogens is 4. The molecule has 4 aromatic carbocycles. The Labute approximate surface area is 226 Å². The van der Waals surface area contributed by atoms with Crippen molar-refractivity contribution < 1.29 is 22.8 Å². The minimum atomic E-state index is -4.70. The highest BCUT2D eigenvalue weighted by Crippen LogP contribution is 2.40. The monoisotopic (exact) mass is 555 g/mol. The Balaban J connectivity index is 1.50. The van der Waals surface area contributed by atoms with E-state index >= 15 is 0 Å². The molecule has 3 amide bonds. The maximum atomic E-state index is 13.6. The molecule has 0 saturated heterocycles. The molecule has 0 heterocycles. The molecule has 1 unspecified atom stereocenters. The van der Waals surface area contributed by atoms with E-state index in [2.05, 4.69) is 16.0 Å². The van der Waals surface area contributed by atoms with Crippen LogP contribution in [0.5, 0.6) is 0 Å². The summed E-state index contributed by atoms with van der Waals surface area (Å²) in [5.41, 5.74) is 0.376. The van der Waals surface area contributed by atoms with Crippen molar-refractivity contribution in [3.8, 4) is 0 Å². The van der Waals surface area contributed by atoms with E-state index in [1.165, 1.54) is 17.8 Å². The van der Waals surface area contributed by atoms with E-state index in [-0.39, 0.29) is 10.7 Å². The second kappa shape index (κ2) is 12.1. The first-order chi connectivity index (χ1) is 18.2. The summed E-state index contributed by atoms with van der Waals surface area (Å²) in [7, 11) is 0. The lowest BCUT2D eigenvalue weighted by atomic mass is 10.1. The molecule has 0 radical (unpaired) electrons. The van der Waals surface area contributed by atoms with E-state index in [0.29, 0.717) is 21.8 Å². The average Bonchev–Trinajstić information content (AvgIpc) is 2.89. The summed E-state index contributed by atoms with van der Waals surface area (Å²) in [6.07, 6.45) is -4.70. The Bertz CT molecular complexity index is 1400. The molecule has 4 aromatic rings. The van der Waals surface area contributed by atoms with Gasteiger partial charge in [-0.15, -0.1) is 11.8 Å². The van der Waals surface area contributed by atoms with Gasteiger partial charge in [0.15, 0.2) is 0 Å². The van der Waals surface area contributed by atoms with Crippen LogP contribution in [0.15, 0.2) is 108 Å². The number of amides is 3. The third kappa shape index (κ3) is 7.30. The van der Waals surface area contributed by atoms with Gasteiger partial charge in [-0.3, -0.25) is 4.79 Å². The maximum Gasteiger partial charge on any atom is 0.418 e. The van der Waals surface area contributed by atoms with Crippen LogP contribution >= 0.6 is 23.4 Å². The third-order valence-corrected chi connectivity index (χ3v) is 6.78. The molecule has 4 rings (SSSR count). The second-order valence-electron chi connectivity index (χ2n) is 8.06. The van der Waals surface area contributed by atoms with Crippen LogP contribution in [0.1, 0.15) is 16.4 Å². The van der Waals surface area contributed by atoms with Gasteiger partial charge in [0.2, 0.25) is 5.91 Å². The van der Waals surface area contributed by atoms with Gasteiger partial charge in [-0.1, -0.05) is 60.1 Å². The van der Waals surface area contributed by atoms with Gasteiger partial charge >= 0.3 is 12.2 Å². The molecular weight excluding hydrogens is 535 g/mol. The fraction of sp³-hybridized carbons (Fsp3) is 0.0714. The highest BCUT2D eigenvalue weighted by molar-refractivity contribution is 8.00. The van der Waals surface area contributed by atoms with Crippen LogP contribution in [0.4, 0.5) is 35.0 Å². The Kier molecular flexibility index (Phi) is 8.60. The first-order valence-electron chi connectivity index (χ1n) is 11.3. The van der Waals surface area contributed by atoms with Crippen molar-refractivity contribution in [2.24, 2.45) is 0 Å².